The molecule has 1 heterocycles. The molecule has 0 bridgehead atoms. The third-order valence-corrected chi connectivity index (χ3v) is 5.35. The molecule has 0 aliphatic carbocycles. The molecule has 0 radical (unpaired) electrons. The van der Waals surface area contributed by atoms with Crippen LogP contribution in [0.5, 0.6) is 11.5 Å². The van der Waals surface area contributed by atoms with Crippen LogP contribution in [0.4, 0.5) is 0 Å². The van der Waals surface area contributed by atoms with Crippen LogP contribution in [0, 0.1) is 3.57 Å². The van der Waals surface area contributed by atoms with E-state index in [1.807, 2.05) is 12.1 Å². The smallest absolute Gasteiger partial charge is 0.341 e. The van der Waals surface area contributed by atoms with Gasteiger partial charge in [-0.05, 0) is 65.4 Å². The van der Waals surface area contributed by atoms with Gasteiger partial charge in [-0.3, -0.25) is 4.79 Å². The number of nitrogens with zero attached hydrogens (tertiary/aromatic N) is 1. The van der Waals surface area contributed by atoms with Gasteiger partial charge in [0.25, 0.3) is 0 Å². The maximum Gasteiger partial charge on any atom is 0.341 e. The van der Waals surface area contributed by atoms with Crippen molar-refractivity contribution >= 4 is 79.2 Å². The fourth-order valence-electron chi connectivity index (χ4n) is 2.61. The molecule has 0 saturated carbocycles. The Bertz CT molecular complexity index is 1180. The number of hydrogen-bond donors (Lipinski definition) is 2. The number of carbonyl (C=O) groups is 2. The summed E-state index contributed by atoms with van der Waals surface area (Å²) in [6.07, 6.45) is 1.37. The molecule has 1 amide bonds. The van der Waals surface area contributed by atoms with Crippen LogP contribution < -0.4 is 14.9 Å². The second kappa shape index (κ2) is 10.3. The molecule has 0 atom stereocenters. The molecule has 11 heteroatoms. The lowest BCUT2D eigenvalue weighted by Crippen LogP contribution is -2.16. The highest BCUT2D eigenvalue weighted by atomic mass is 127. The number of amides is 1. The summed E-state index contributed by atoms with van der Waals surface area (Å²) in [5, 5.41) is 13.7. The fourth-order valence-corrected chi connectivity index (χ4v) is 4.54. The average molecular weight is 622 g/mol. The predicted molar refractivity (Wildman–Crippen MR) is 127 cm³/mol. The van der Waals surface area contributed by atoms with Crippen molar-refractivity contribution in [1.82, 2.24) is 5.43 Å². The highest BCUT2D eigenvalue weighted by Crippen LogP contribution is 2.36. The number of nitrogens with one attached hydrogen (secondary N) is 1. The number of hydrogen-bond acceptors (Lipinski definition) is 6. The summed E-state index contributed by atoms with van der Waals surface area (Å²) in [7, 11) is 0. The minimum absolute atomic E-state index is 0.119. The fraction of sp³-hybridized carbons (Fsp3) is 0.150. The van der Waals surface area contributed by atoms with E-state index >= 15 is 0 Å². The average Bonchev–Trinajstić information content (AvgIpc) is 3.12. The van der Waals surface area contributed by atoms with Gasteiger partial charge in [-0.2, -0.15) is 5.10 Å². The van der Waals surface area contributed by atoms with Crippen molar-refractivity contribution in [2.24, 2.45) is 5.10 Å². The summed E-state index contributed by atoms with van der Waals surface area (Å²) in [5.41, 5.74) is 3.53. The Morgan fingerprint density at radius 3 is 2.77 bits per heavy atom. The van der Waals surface area contributed by atoms with Gasteiger partial charge in [0.05, 0.1) is 21.4 Å². The summed E-state index contributed by atoms with van der Waals surface area (Å²) < 4.78 is 18.0. The highest BCUT2D eigenvalue weighted by Gasteiger charge is 2.15. The largest absolute Gasteiger partial charge is 0.490 e. The molecule has 2 aromatic carbocycles. The molecule has 8 nitrogen and oxygen atoms in total. The summed E-state index contributed by atoms with van der Waals surface area (Å²) >= 11 is 11.7. The molecule has 3 rings (SSSR count). The van der Waals surface area contributed by atoms with Gasteiger partial charge < -0.3 is 19.0 Å². The number of benzene rings is 2. The van der Waals surface area contributed by atoms with Crippen molar-refractivity contribution in [3.05, 3.63) is 54.7 Å². The monoisotopic (exact) mass is 620 g/mol. The van der Waals surface area contributed by atoms with Crippen LogP contribution in [-0.2, 0) is 4.79 Å². The van der Waals surface area contributed by atoms with Gasteiger partial charge in [-0.15, -0.1) is 0 Å². The molecule has 0 aliphatic rings. The number of fused-ring (bicyclic) bond motifs is 1. The number of carboxylic acid groups (broad SMARTS) is 1. The SMILES string of the molecule is CCOc1cc(/C=N\NC(=O)c2cc3cc(Br)cc(I)c3o2)cc(Cl)c1OCC(=O)O. The third kappa shape index (κ3) is 5.89. The Balaban J connectivity index is 1.76. The highest BCUT2D eigenvalue weighted by molar-refractivity contribution is 14.1. The summed E-state index contributed by atoms with van der Waals surface area (Å²) in [4.78, 5) is 23.1. The standard InChI is InChI=1S/C20H15BrClIN2O6/c1-2-29-15-4-10(3-13(22)19(15)30-9-17(26)27)8-24-25-20(28)16-6-11-5-12(21)7-14(23)18(11)31-16/h3-8H,2,9H2,1H3,(H,25,28)(H,26,27)/b24-8-. The predicted octanol–water partition coefficient (Wildman–Crippen LogP) is 5.08. The van der Waals surface area contributed by atoms with E-state index in [0.29, 0.717) is 17.8 Å². The van der Waals surface area contributed by atoms with Gasteiger partial charge in [-0.25, -0.2) is 10.2 Å². The van der Waals surface area contributed by atoms with Crippen molar-refractivity contribution in [2.45, 2.75) is 6.92 Å². The molecule has 0 fully saturated rings. The molecule has 1 aromatic heterocycles. The van der Waals surface area contributed by atoms with Gasteiger partial charge in [0, 0.05) is 9.86 Å². The normalized spacial score (nSPS) is 11.1. The number of carboxylic acids is 1. The van der Waals surface area contributed by atoms with E-state index in [2.05, 4.69) is 49.0 Å². The molecular weight excluding hydrogens is 606 g/mol. The molecule has 2 N–H and O–H groups in total. The summed E-state index contributed by atoms with van der Waals surface area (Å²) in [5.74, 6) is -1.15. The van der Waals surface area contributed by atoms with E-state index in [-0.39, 0.29) is 22.3 Å². The first-order chi connectivity index (χ1) is 14.8. The number of rotatable bonds is 8. The molecule has 3 aromatic rings. The topological polar surface area (TPSA) is 110 Å². The zero-order chi connectivity index (χ0) is 22.5. The van der Waals surface area contributed by atoms with Crippen molar-refractivity contribution < 1.29 is 28.6 Å². The molecule has 31 heavy (non-hydrogen) atoms. The second-order valence-electron chi connectivity index (χ2n) is 6.06. The first kappa shape index (κ1) is 23.4. The van der Waals surface area contributed by atoms with E-state index < -0.39 is 18.5 Å². The number of hydrazone groups is 1. The molecular formula is C20H15BrClIN2O6. The van der Waals surface area contributed by atoms with Crippen LogP contribution in [0.1, 0.15) is 23.0 Å². The first-order valence-corrected chi connectivity index (χ1v) is 11.1. The zero-order valence-electron chi connectivity index (χ0n) is 15.9. The van der Waals surface area contributed by atoms with E-state index in [1.165, 1.54) is 12.3 Å². The Morgan fingerprint density at radius 2 is 2.06 bits per heavy atom. The van der Waals surface area contributed by atoms with E-state index in [4.69, 9.17) is 30.6 Å². The van der Waals surface area contributed by atoms with Crippen molar-refractivity contribution in [2.75, 3.05) is 13.2 Å². The van der Waals surface area contributed by atoms with Crippen LogP contribution >= 0.6 is 50.1 Å². The van der Waals surface area contributed by atoms with E-state index in [1.54, 1.807) is 19.1 Å². The number of ether oxygens (including phenoxy) is 2. The van der Waals surface area contributed by atoms with E-state index in [0.717, 1.165) is 13.4 Å². The number of carbonyl (C=O) groups excluding carboxylic acids is 1. The summed E-state index contributed by atoms with van der Waals surface area (Å²) in [6, 6.07) is 8.45. The van der Waals surface area contributed by atoms with Gasteiger partial charge in [-0.1, -0.05) is 27.5 Å². The molecule has 162 valence electrons. The number of halogens is 3. The van der Waals surface area contributed by atoms with Gasteiger partial charge in [0.1, 0.15) is 5.58 Å². The first-order valence-electron chi connectivity index (χ1n) is 8.81. The Labute approximate surface area is 203 Å². The van der Waals surface area contributed by atoms with Gasteiger partial charge >= 0.3 is 11.9 Å². The van der Waals surface area contributed by atoms with Crippen molar-refractivity contribution in [1.29, 1.82) is 0 Å². The minimum atomic E-state index is -1.14. The minimum Gasteiger partial charge on any atom is -0.490 e. The molecule has 0 unspecified atom stereocenters. The molecule has 0 aliphatic heterocycles. The van der Waals surface area contributed by atoms with Crippen LogP contribution in [-0.4, -0.2) is 36.4 Å². The van der Waals surface area contributed by atoms with E-state index in [9.17, 15) is 9.59 Å². The number of furan rings is 1. The second-order valence-corrected chi connectivity index (χ2v) is 8.55. The van der Waals surface area contributed by atoms with Crippen molar-refractivity contribution in [3.8, 4) is 11.5 Å². The van der Waals surface area contributed by atoms with Crippen LogP contribution in [0.25, 0.3) is 11.0 Å². The van der Waals surface area contributed by atoms with Crippen LogP contribution in [0.2, 0.25) is 5.02 Å². The Morgan fingerprint density at radius 1 is 1.29 bits per heavy atom. The zero-order valence-corrected chi connectivity index (χ0v) is 20.4. The Kier molecular flexibility index (Phi) is 7.79. The lowest BCUT2D eigenvalue weighted by molar-refractivity contribution is -0.139. The lowest BCUT2D eigenvalue weighted by atomic mass is 10.2. The molecule has 0 saturated heterocycles. The Hall–Kier alpha value is -2.31. The lowest BCUT2D eigenvalue weighted by Gasteiger charge is -2.13. The van der Waals surface area contributed by atoms with Crippen LogP contribution in [0.3, 0.4) is 0 Å². The van der Waals surface area contributed by atoms with Gasteiger partial charge in [0.15, 0.2) is 23.9 Å². The quantitative estimate of drug-likeness (QED) is 0.206. The number of aliphatic carboxylic acids is 1. The third-order valence-electron chi connectivity index (χ3n) is 3.81. The van der Waals surface area contributed by atoms with Crippen LogP contribution in [0.15, 0.2) is 44.3 Å². The maximum atomic E-state index is 12.4. The molecule has 0 spiro atoms. The van der Waals surface area contributed by atoms with Crippen molar-refractivity contribution in [3.63, 3.8) is 0 Å². The summed E-state index contributed by atoms with van der Waals surface area (Å²) in [6.45, 7) is 1.53. The van der Waals surface area contributed by atoms with Gasteiger partial charge in [0.2, 0.25) is 0 Å². The maximum absolute atomic E-state index is 12.4.